The number of morpholine rings is 1. The van der Waals surface area contributed by atoms with Crippen LogP contribution in [0.25, 0.3) is 0 Å². The zero-order valence-corrected chi connectivity index (χ0v) is 12.5. The van der Waals surface area contributed by atoms with Crippen LogP contribution in [0.1, 0.15) is 24.3 Å². The van der Waals surface area contributed by atoms with Crippen LogP contribution in [0.15, 0.2) is 24.3 Å². The molecule has 3 aliphatic heterocycles. The molecule has 0 radical (unpaired) electrons. The lowest BCUT2D eigenvalue weighted by atomic mass is 10.0. The van der Waals surface area contributed by atoms with Crippen molar-refractivity contribution in [2.24, 2.45) is 0 Å². The first kappa shape index (κ1) is 13.6. The van der Waals surface area contributed by atoms with Gasteiger partial charge in [-0.3, -0.25) is 4.90 Å². The summed E-state index contributed by atoms with van der Waals surface area (Å²) >= 11 is 0. The van der Waals surface area contributed by atoms with Crippen LogP contribution < -0.4 is 10.1 Å². The zero-order valence-electron chi connectivity index (χ0n) is 12.5. The molecule has 3 atom stereocenters. The average Bonchev–Trinajstić information content (AvgIpc) is 3.14. The van der Waals surface area contributed by atoms with Crippen LogP contribution in [0.4, 0.5) is 0 Å². The Morgan fingerprint density at radius 3 is 3.14 bits per heavy atom. The van der Waals surface area contributed by atoms with E-state index in [0.717, 1.165) is 38.6 Å². The predicted octanol–water partition coefficient (Wildman–Crippen LogP) is 1.62. The summed E-state index contributed by atoms with van der Waals surface area (Å²) in [5, 5.41) is 3.59. The van der Waals surface area contributed by atoms with Gasteiger partial charge in [-0.25, -0.2) is 0 Å². The van der Waals surface area contributed by atoms with Gasteiger partial charge in [0.05, 0.1) is 19.3 Å². The molecule has 2 saturated heterocycles. The average molecular weight is 288 g/mol. The maximum absolute atomic E-state index is 5.99. The van der Waals surface area contributed by atoms with Gasteiger partial charge in [0.1, 0.15) is 5.75 Å². The maximum atomic E-state index is 5.99. The van der Waals surface area contributed by atoms with Gasteiger partial charge in [-0.2, -0.15) is 0 Å². The van der Waals surface area contributed by atoms with E-state index in [9.17, 15) is 0 Å². The zero-order chi connectivity index (χ0) is 14.1. The normalized spacial score (nSPS) is 31.7. The number of nitrogens with one attached hydrogen (secondary N) is 1. The van der Waals surface area contributed by atoms with Crippen molar-refractivity contribution < 1.29 is 9.47 Å². The fourth-order valence-electron chi connectivity index (χ4n) is 3.83. The molecule has 21 heavy (non-hydrogen) atoms. The smallest absolute Gasteiger partial charge is 0.122 e. The maximum Gasteiger partial charge on any atom is 0.122 e. The third-order valence-corrected chi connectivity index (χ3v) is 5.02. The van der Waals surface area contributed by atoms with Crippen LogP contribution in [0, 0.1) is 0 Å². The second-order valence-corrected chi connectivity index (χ2v) is 6.45. The van der Waals surface area contributed by atoms with Crippen molar-refractivity contribution in [1.29, 1.82) is 0 Å². The van der Waals surface area contributed by atoms with Gasteiger partial charge in [0.15, 0.2) is 0 Å². The van der Waals surface area contributed by atoms with E-state index in [-0.39, 0.29) is 0 Å². The summed E-state index contributed by atoms with van der Waals surface area (Å²) in [5.41, 5.74) is 1.34. The number of fused-ring (bicyclic) bond motifs is 2. The Bertz CT molecular complexity index is 493. The number of ether oxygens (including phenoxy) is 2. The summed E-state index contributed by atoms with van der Waals surface area (Å²) in [7, 11) is 0. The molecule has 1 aromatic rings. The van der Waals surface area contributed by atoms with Crippen molar-refractivity contribution in [3.8, 4) is 5.75 Å². The van der Waals surface area contributed by atoms with Gasteiger partial charge in [0, 0.05) is 37.2 Å². The van der Waals surface area contributed by atoms with E-state index in [2.05, 4.69) is 28.4 Å². The van der Waals surface area contributed by atoms with E-state index in [1.54, 1.807) is 0 Å². The molecule has 2 fully saturated rings. The second kappa shape index (κ2) is 5.95. The van der Waals surface area contributed by atoms with E-state index in [0.29, 0.717) is 18.1 Å². The van der Waals surface area contributed by atoms with E-state index in [1.807, 2.05) is 6.07 Å². The number of nitrogens with zero attached hydrogens (tertiary/aromatic N) is 1. The van der Waals surface area contributed by atoms with Crippen LogP contribution in [0.2, 0.25) is 0 Å². The molecule has 0 amide bonds. The molecule has 3 unspecified atom stereocenters. The lowest BCUT2D eigenvalue weighted by Crippen LogP contribution is -2.49. The number of rotatable bonds is 4. The summed E-state index contributed by atoms with van der Waals surface area (Å²) in [6.45, 7) is 5.99. The highest BCUT2D eigenvalue weighted by Gasteiger charge is 2.32. The SMILES string of the molecule is c1ccc2c(c1)OCC2CNCC1CN2CCCC2CO1. The molecule has 1 N–H and O–H groups in total. The summed E-state index contributed by atoms with van der Waals surface area (Å²) < 4.78 is 11.7. The monoisotopic (exact) mass is 288 g/mol. The molecule has 0 aromatic heterocycles. The molecule has 0 spiro atoms. The van der Waals surface area contributed by atoms with Crippen molar-refractivity contribution in [2.75, 3.05) is 39.4 Å². The molecule has 3 heterocycles. The lowest BCUT2D eigenvalue weighted by Gasteiger charge is -2.35. The summed E-state index contributed by atoms with van der Waals surface area (Å²) in [6, 6.07) is 9.07. The molecule has 1 aromatic carbocycles. The van der Waals surface area contributed by atoms with Gasteiger partial charge in [-0.1, -0.05) is 18.2 Å². The molecule has 4 heteroatoms. The number of hydrogen-bond donors (Lipinski definition) is 1. The Morgan fingerprint density at radius 2 is 2.14 bits per heavy atom. The van der Waals surface area contributed by atoms with Gasteiger partial charge in [-0.15, -0.1) is 0 Å². The quantitative estimate of drug-likeness (QED) is 0.913. The Kier molecular flexibility index (Phi) is 3.84. The molecular formula is C17H24N2O2. The highest BCUT2D eigenvalue weighted by atomic mass is 16.5. The van der Waals surface area contributed by atoms with Crippen molar-refractivity contribution in [3.63, 3.8) is 0 Å². The van der Waals surface area contributed by atoms with Gasteiger partial charge in [0.25, 0.3) is 0 Å². The van der Waals surface area contributed by atoms with Crippen molar-refractivity contribution in [3.05, 3.63) is 29.8 Å². The molecule has 0 saturated carbocycles. The van der Waals surface area contributed by atoms with E-state index >= 15 is 0 Å². The Labute approximate surface area is 126 Å². The standard InChI is InChI=1S/C17H24N2O2/c1-2-6-17-16(5-1)13(11-21-17)8-18-9-15-10-19-7-3-4-14(19)12-20-15/h1-2,5-6,13-15,18H,3-4,7-12H2. The minimum Gasteiger partial charge on any atom is -0.493 e. The van der Waals surface area contributed by atoms with Crippen LogP contribution in [0.5, 0.6) is 5.75 Å². The van der Waals surface area contributed by atoms with E-state index in [4.69, 9.17) is 9.47 Å². The first-order valence-corrected chi connectivity index (χ1v) is 8.18. The van der Waals surface area contributed by atoms with Gasteiger partial charge >= 0.3 is 0 Å². The number of hydrogen-bond acceptors (Lipinski definition) is 4. The first-order valence-electron chi connectivity index (χ1n) is 8.18. The number of para-hydroxylation sites is 1. The van der Waals surface area contributed by atoms with Gasteiger partial charge < -0.3 is 14.8 Å². The van der Waals surface area contributed by atoms with Crippen molar-refractivity contribution in [2.45, 2.75) is 30.9 Å². The summed E-state index contributed by atoms with van der Waals surface area (Å²) in [4.78, 5) is 2.60. The van der Waals surface area contributed by atoms with Crippen molar-refractivity contribution in [1.82, 2.24) is 10.2 Å². The Morgan fingerprint density at radius 1 is 1.19 bits per heavy atom. The number of benzene rings is 1. The summed E-state index contributed by atoms with van der Waals surface area (Å²) in [5.74, 6) is 1.53. The fraction of sp³-hybridized carbons (Fsp3) is 0.647. The van der Waals surface area contributed by atoms with Crippen LogP contribution >= 0.6 is 0 Å². The molecule has 114 valence electrons. The lowest BCUT2D eigenvalue weighted by molar-refractivity contribution is -0.0469. The van der Waals surface area contributed by atoms with E-state index in [1.165, 1.54) is 24.9 Å². The second-order valence-electron chi connectivity index (χ2n) is 6.45. The topological polar surface area (TPSA) is 33.7 Å². The van der Waals surface area contributed by atoms with Crippen LogP contribution in [-0.4, -0.2) is 56.4 Å². The highest BCUT2D eigenvalue weighted by molar-refractivity contribution is 5.39. The largest absolute Gasteiger partial charge is 0.493 e. The van der Waals surface area contributed by atoms with Crippen LogP contribution in [0.3, 0.4) is 0 Å². The molecule has 0 bridgehead atoms. The molecule has 4 nitrogen and oxygen atoms in total. The van der Waals surface area contributed by atoms with E-state index < -0.39 is 0 Å². The van der Waals surface area contributed by atoms with Crippen molar-refractivity contribution >= 4 is 0 Å². The third-order valence-electron chi connectivity index (χ3n) is 5.02. The predicted molar refractivity (Wildman–Crippen MR) is 81.9 cm³/mol. The minimum absolute atomic E-state index is 0.344. The van der Waals surface area contributed by atoms with Crippen LogP contribution in [-0.2, 0) is 4.74 Å². The van der Waals surface area contributed by atoms with Gasteiger partial charge in [-0.05, 0) is 25.5 Å². The fourth-order valence-corrected chi connectivity index (χ4v) is 3.83. The molecule has 3 aliphatic rings. The summed E-state index contributed by atoms with van der Waals surface area (Å²) in [6.07, 6.45) is 3.00. The molecule has 0 aliphatic carbocycles. The minimum atomic E-state index is 0.344. The van der Waals surface area contributed by atoms with Gasteiger partial charge in [0.2, 0.25) is 0 Å². The first-order chi connectivity index (χ1) is 10.4. The third kappa shape index (κ3) is 2.80. The Hall–Kier alpha value is -1.10. The highest BCUT2D eigenvalue weighted by Crippen LogP contribution is 2.32. The Balaban J connectivity index is 1.25. The molecule has 4 rings (SSSR count). The molecular weight excluding hydrogens is 264 g/mol.